The van der Waals surface area contributed by atoms with Gasteiger partial charge in [0.1, 0.15) is 0 Å². The normalized spacial score (nSPS) is 7.40. The van der Waals surface area contributed by atoms with E-state index < -0.39 is 0 Å². The zero-order chi connectivity index (χ0) is 4.28. The van der Waals surface area contributed by atoms with Gasteiger partial charge in [0, 0.05) is 0 Å². The second kappa shape index (κ2) is 2.76. The molecule has 0 aliphatic heterocycles. The summed E-state index contributed by atoms with van der Waals surface area (Å²) >= 11 is 2.09. The van der Waals surface area contributed by atoms with Crippen LogP contribution in [0.5, 0.6) is 0 Å². The highest BCUT2D eigenvalue weighted by Gasteiger charge is 1.70. The summed E-state index contributed by atoms with van der Waals surface area (Å²) in [5.74, 6) is 0. The highest BCUT2D eigenvalue weighted by atomic mass is 127. The molecule has 2 radical (unpaired) electrons. The van der Waals surface area contributed by atoms with E-state index in [9.17, 15) is 0 Å². The minimum Gasteiger partial charge on any atom is -0.0905 e. The molecule has 5 heavy (non-hydrogen) atoms. The maximum absolute atomic E-state index is 5.06. The monoisotopic (exact) mass is 178 g/mol. The maximum Gasteiger partial charge on any atom is 0.0722 e. The van der Waals surface area contributed by atoms with E-state index in [1.807, 2.05) is 0 Å². The van der Waals surface area contributed by atoms with Gasteiger partial charge in [-0.15, -0.1) is 0 Å². The van der Waals surface area contributed by atoms with Crippen LogP contribution in [0.15, 0.2) is 10.2 Å². The molecule has 0 unspecified atom stereocenters. The molecule has 0 atom stereocenters. The van der Waals surface area contributed by atoms with Gasteiger partial charge in [-0.25, -0.2) is 0 Å². The van der Waals surface area contributed by atoms with Gasteiger partial charge in [0.05, 0.1) is 7.85 Å². The zero-order valence-electron chi connectivity index (χ0n) is 2.87. The zero-order valence-corrected chi connectivity index (χ0v) is 5.03. The lowest BCUT2D eigenvalue weighted by Gasteiger charge is -1.77. The third-order valence-electron chi connectivity index (χ3n) is 0.221. The van der Waals surface area contributed by atoms with Crippen LogP contribution >= 0.6 is 22.6 Å². The smallest absolute Gasteiger partial charge is 0.0722 e. The van der Waals surface area contributed by atoms with Gasteiger partial charge >= 0.3 is 0 Å². The first-order valence-corrected chi connectivity index (χ1v) is 2.38. The van der Waals surface area contributed by atoms with E-state index in [-0.39, 0.29) is 0 Å². The Morgan fingerprint density at radius 3 is 2.20 bits per heavy atom. The number of rotatable bonds is 1. The molecule has 0 heterocycles. The van der Waals surface area contributed by atoms with Gasteiger partial charge in [0.2, 0.25) is 0 Å². The third kappa shape index (κ3) is 4.53. The first-order valence-electron chi connectivity index (χ1n) is 1.30. The van der Waals surface area contributed by atoms with Crippen LogP contribution in [0.3, 0.4) is 0 Å². The SMILES string of the molecule is [B]CC(=C)I. The molecule has 0 aliphatic carbocycles. The van der Waals surface area contributed by atoms with E-state index in [1.54, 1.807) is 0 Å². The molecule has 0 aliphatic rings. The van der Waals surface area contributed by atoms with Crippen molar-refractivity contribution in [3.8, 4) is 0 Å². The van der Waals surface area contributed by atoms with Gasteiger partial charge in [-0.05, 0) is 3.58 Å². The molecule has 0 rings (SSSR count). The van der Waals surface area contributed by atoms with Crippen molar-refractivity contribution in [2.75, 3.05) is 0 Å². The van der Waals surface area contributed by atoms with Crippen molar-refractivity contribution in [3.05, 3.63) is 10.2 Å². The fourth-order valence-corrected chi connectivity index (χ4v) is 0. The fourth-order valence-electron chi connectivity index (χ4n) is 0. The summed E-state index contributed by atoms with van der Waals surface area (Å²) in [6, 6.07) is 0. The molecule has 0 N–H and O–H groups in total. The summed E-state index contributed by atoms with van der Waals surface area (Å²) in [4.78, 5) is 0. The van der Waals surface area contributed by atoms with Crippen LogP contribution in [-0.2, 0) is 0 Å². The molecule has 0 saturated heterocycles. The fraction of sp³-hybridized carbons (Fsp3) is 0.333. The number of halogens is 1. The van der Waals surface area contributed by atoms with E-state index in [4.69, 9.17) is 7.85 Å². The summed E-state index contributed by atoms with van der Waals surface area (Å²) in [7, 11) is 5.06. The molecule has 0 spiro atoms. The molecule has 0 amide bonds. The van der Waals surface area contributed by atoms with Crippen molar-refractivity contribution >= 4 is 30.4 Å². The largest absolute Gasteiger partial charge is 0.0905 e. The molecule has 0 fully saturated rings. The molecule has 0 aromatic carbocycles. The van der Waals surface area contributed by atoms with Crippen LogP contribution in [0.1, 0.15) is 0 Å². The quantitative estimate of drug-likeness (QED) is 0.421. The molecule has 2 heteroatoms. The van der Waals surface area contributed by atoms with Gasteiger partial charge in [-0.3, -0.25) is 0 Å². The summed E-state index contributed by atoms with van der Waals surface area (Å²) < 4.78 is 1.00. The van der Waals surface area contributed by atoms with E-state index >= 15 is 0 Å². The van der Waals surface area contributed by atoms with Crippen molar-refractivity contribution in [2.45, 2.75) is 6.32 Å². The minimum absolute atomic E-state index is 0.598. The second-order valence-electron chi connectivity index (χ2n) is 0.721. The predicted molar refractivity (Wildman–Crippen MR) is 33.7 cm³/mol. The van der Waals surface area contributed by atoms with Crippen LogP contribution in [0.4, 0.5) is 0 Å². The van der Waals surface area contributed by atoms with Crippen LogP contribution in [0, 0.1) is 0 Å². The van der Waals surface area contributed by atoms with Gasteiger partial charge in [-0.2, -0.15) is 0 Å². The van der Waals surface area contributed by atoms with Crippen molar-refractivity contribution in [3.63, 3.8) is 0 Å². The van der Waals surface area contributed by atoms with Crippen molar-refractivity contribution in [1.82, 2.24) is 0 Å². The number of allylic oxidation sites excluding steroid dienone is 1. The number of hydrogen-bond acceptors (Lipinski definition) is 0. The molecular formula is C3H4BI. The molecule has 0 nitrogen and oxygen atoms in total. The average molecular weight is 178 g/mol. The molecule has 0 aromatic heterocycles. The number of hydrogen-bond donors (Lipinski definition) is 0. The Balaban J connectivity index is 2.85. The van der Waals surface area contributed by atoms with Gasteiger partial charge in [0.15, 0.2) is 0 Å². The average Bonchev–Trinajstić information content (AvgIpc) is 1.38. The van der Waals surface area contributed by atoms with E-state index in [1.165, 1.54) is 0 Å². The summed E-state index contributed by atoms with van der Waals surface area (Å²) in [6.45, 7) is 3.54. The molecular weight excluding hydrogens is 174 g/mol. The van der Waals surface area contributed by atoms with E-state index in [0.717, 1.165) is 3.58 Å². The van der Waals surface area contributed by atoms with Gasteiger partial charge in [0.25, 0.3) is 0 Å². The van der Waals surface area contributed by atoms with Gasteiger partial charge < -0.3 is 0 Å². The summed E-state index contributed by atoms with van der Waals surface area (Å²) in [5, 5.41) is 0. The Morgan fingerprint density at radius 1 is 2.00 bits per heavy atom. The van der Waals surface area contributed by atoms with Gasteiger partial charge in [-0.1, -0.05) is 35.5 Å². The highest BCUT2D eigenvalue weighted by molar-refractivity contribution is 14.1. The van der Waals surface area contributed by atoms with Crippen LogP contribution < -0.4 is 0 Å². The Kier molecular flexibility index (Phi) is 3.05. The first-order chi connectivity index (χ1) is 2.27. The Morgan fingerprint density at radius 2 is 2.20 bits per heavy atom. The first kappa shape index (κ1) is 5.53. The Hall–Kier alpha value is 0.535. The van der Waals surface area contributed by atoms with E-state index in [2.05, 4.69) is 29.2 Å². The summed E-state index contributed by atoms with van der Waals surface area (Å²) in [5.41, 5.74) is 0. The topological polar surface area (TPSA) is 0 Å². The second-order valence-corrected chi connectivity index (χ2v) is 2.25. The third-order valence-corrected chi connectivity index (χ3v) is 0.662. The predicted octanol–water partition coefficient (Wildman–Crippen LogP) is 1.52. The Labute approximate surface area is 47.2 Å². The molecule has 26 valence electrons. The lowest BCUT2D eigenvalue weighted by atomic mass is 10.1. The van der Waals surface area contributed by atoms with Crippen LogP contribution in [-0.4, -0.2) is 7.85 Å². The molecule has 0 bridgehead atoms. The Bertz CT molecular complexity index is 42.2. The molecule has 0 saturated carbocycles. The van der Waals surface area contributed by atoms with Crippen LogP contribution in [0.2, 0.25) is 6.32 Å². The van der Waals surface area contributed by atoms with Crippen molar-refractivity contribution < 1.29 is 0 Å². The standard InChI is InChI=1S/C3H4BI/c1-3(5)2-4/h1-2H2. The van der Waals surface area contributed by atoms with Crippen molar-refractivity contribution in [1.29, 1.82) is 0 Å². The molecule has 0 aromatic rings. The lowest BCUT2D eigenvalue weighted by molar-refractivity contribution is 1.74. The maximum atomic E-state index is 5.06. The highest BCUT2D eigenvalue weighted by Crippen LogP contribution is 2.02. The van der Waals surface area contributed by atoms with Crippen molar-refractivity contribution in [2.24, 2.45) is 0 Å². The summed E-state index contributed by atoms with van der Waals surface area (Å²) in [6.07, 6.45) is 0.598. The lowest BCUT2D eigenvalue weighted by Crippen LogP contribution is -1.58. The minimum atomic E-state index is 0.598. The van der Waals surface area contributed by atoms with E-state index in [0.29, 0.717) is 6.32 Å². The van der Waals surface area contributed by atoms with Crippen LogP contribution in [0.25, 0.3) is 0 Å².